The molecule has 0 heterocycles. The molecule has 56 valence electrons. The number of allylic oxidation sites excluding steroid dienone is 3. The molecule has 0 aliphatic carbocycles. The van der Waals surface area contributed by atoms with Crippen LogP contribution in [0, 0.1) is 0 Å². The minimum Gasteiger partial charge on any atom is -0.478 e. The van der Waals surface area contributed by atoms with E-state index in [2.05, 4.69) is 0 Å². The molecule has 1 N–H and O–H groups in total. The molecule has 10 heavy (non-hydrogen) atoms. The second-order valence-electron chi connectivity index (χ2n) is 2.17. The summed E-state index contributed by atoms with van der Waals surface area (Å²) in [6.07, 6.45) is 3.51. The molecule has 0 unspecified atom stereocenters. The van der Waals surface area contributed by atoms with Crippen molar-refractivity contribution in [3.05, 3.63) is 23.3 Å². The van der Waals surface area contributed by atoms with E-state index >= 15 is 0 Å². The second kappa shape index (κ2) is 3.88. The molecule has 0 aliphatic heterocycles. The number of carboxylic acid groups (broad SMARTS) is 1. The van der Waals surface area contributed by atoms with Gasteiger partial charge in [-0.05, 0) is 26.8 Å². The zero-order chi connectivity index (χ0) is 8.15. The summed E-state index contributed by atoms with van der Waals surface area (Å²) in [6, 6.07) is 0. The van der Waals surface area contributed by atoms with Gasteiger partial charge in [0.2, 0.25) is 0 Å². The first-order chi connectivity index (χ1) is 4.57. The Bertz CT molecular complexity index is 187. The van der Waals surface area contributed by atoms with Gasteiger partial charge in [-0.25, -0.2) is 4.79 Å². The van der Waals surface area contributed by atoms with Crippen molar-refractivity contribution in [1.82, 2.24) is 0 Å². The lowest BCUT2D eigenvalue weighted by Gasteiger charge is -1.91. The van der Waals surface area contributed by atoms with Crippen LogP contribution in [0.5, 0.6) is 0 Å². The monoisotopic (exact) mass is 140 g/mol. The van der Waals surface area contributed by atoms with Gasteiger partial charge < -0.3 is 5.11 Å². The molecule has 0 aromatic carbocycles. The molecule has 0 aromatic rings. The van der Waals surface area contributed by atoms with Crippen LogP contribution < -0.4 is 0 Å². The molecule has 0 aliphatic rings. The van der Waals surface area contributed by atoms with Crippen molar-refractivity contribution in [2.75, 3.05) is 0 Å². The van der Waals surface area contributed by atoms with E-state index in [-0.39, 0.29) is 0 Å². The van der Waals surface area contributed by atoms with Crippen molar-refractivity contribution in [2.45, 2.75) is 20.8 Å². The van der Waals surface area contributed by atoms with Gasteiger partial charge in [0.05, 0.1) is 0 Å². The Morgan fingerprint density at radius 2 is 1.90 bits per heavy atom. The third kappa shape index (κ3) is 3.07. The highest BCUT2D eigenvalue weighted by Crippen LogP contribution is 2.00. The van der Waals surface area contributed by atoms with Crippen molar-refractivity contribution in [3.8, 4) is 0 Å². The van der Waals surface area contributed by atoms with Crippen molar-refractivity contribution in [3.63, 3.8) is 0 Å². The summed E-state index contributed by atoms with van der Waals surface area (Å²) in [5.41, 5.74) is 1.34. The first-order valence-corrected chi connectivity index (χ1v) is 3.12. The Hall–Kier alpha value is -1.05. The summed E-state index contributed by atoms with van der Waals surface area (Å²) in [5.74, 6) is -0.860. The highest BCUT2D eigenvalue weighted by Gasteiger charge is 1.97. The van der Waals surface area contributed by atoms with Gasteiger partial charge in [0, 0.05) is 5.57 Å². The highest BCUT2D eigenvalue weighted by molar-refractivity contribution is 5.86. The third-order valence-corrected chi connectivity index (χ3v) is 1.24. The molecule has 0 bridgehead atoms. The van der Waals surface area contributed by atoms with Crippen LogP contribution in [0.15, 0.2) is 23.3 Å². The number of carboxylic acids is 1. The Morgan fingerprint density at radius 1 is 1.40 bits per heavy atom. The van der Waals surface area contributed by atoms with Crippen LogP contribution in [0.2, 0.25) is 0 Å². The molecule has 0 atom stereocenters. The molecule has 0 amide bonds. The van der Waals surface area contributed by atoms with Crippen LogP contribution in [-0.2, 0) is 4.79 Å². The van der Waals surface area contributed by atoms with Gasteiger partial charge in [0.1, 0.15) is 0 Å². The number of aliphatic carboxylic acids is 1. The minimum atomic E-state index is -0.860. The Balaban J connectivity index is 4.31. The average Bonchev–Trinajstić information content (AvgIpc) is 1.87. The first-order valence-electron chi connectivity index (χ1n) is 3.12. The number of carbonyl (C=O) groups is 1. The third-order valence-electron chi connectivity index (χ3n) is 1.24. The van der Waals surface area contributed by atoms with E-state index < -0.39 is 5.97 Å². The lowest BCUT2D eigenvalue weighted by Crippen LogP contribution is -1.95. The molecule has 0 saturated carbocycles. The standard InChI is InChI=1S/C8H12O2/c1-4-6(2)5-7(3)8(9)10/h4-5H,1-3H3,(H,9,10)/b6-4+,7-5-. The number of hydrogen-bond donors (Lipinski definition) is 1. The topological polar surface area (TPSA) is 37.3 Å². The molecule has 0 spiro atoms. The Morgan fingerprint density at radius 3 is 2.20 bits per heavy atom. The van der Waals surface area contributed by atoms with E-state index in [0.717, 1.165) is 5.57 Å². The summed E-state index contributed by atoms with van der Waals surface area (Å²) in [7, 11) is 0. The van der Waals surface area contributed by atoms with Gasteiger partial charge >= 0.3 is 5.97 Å². The molecule has 0 rings (SSSR count). The van der Waals surface area contributed by atoms with Crippen molar-refractivity contribution in [2.24, 2.45) is 0 Å². The SMILES string of the molecule is C/C=C(C)/C=C(/C)C(=O)O. The van der Waals surface area contributed by atoms with E-state index in [4.69, 9.17) is 5.11 Å². The van der Waals surface area contributed by atoms with Crippen molar-refractivity contribution < 1.29 is 9.90 Å². The fraction of sp³-hybridized carbons (Fsp3) is 0.375. The van der Waals surface area contributed by atoms with Crippen LogP contribution in [0.1, 0.15) is 20.8 Å². The number of rotatable bonds is 2. The Labute approximate surface area is 60.9 Å². The molecular weight excluding hydrogens is 128 g/mol. The molecule has 2 heteroatoms. The maximum atomic E-state index is 10.3. The molecular formula is C8H12O2. The smallest absolute Gasteiger partial charge is 0.331 e. The zero-order valence-corrected chi connectivity index (χ0v) is 6.51. The first kappa shape index (κ1) is 8.95. The fourth-order valence-electron chi connectivity index (χ4n) is 0.487. The summed E-state index contributed by atoms with van der Waals surface area (Å²) in [5, 5.41) is 8.43. The lowest BCUT2D eigenvalue weighted by atomic mass is 10.2. The van der Waals surface area contributed by atoms with E-state index in [1.807, 2.05) is 19.9 Å². The van der Waals surface area contributed by atoms with Crippen LogP contribution in [0.3, 0.4) is 0 Å². The van der Waals surface area contributed by atoms with Gasteiger partial charge in [-0.2, -0.15) is 0 Å². The fourth-order valence-corrected chi connectivity index (χ4v) is 0.487. The van der Waals surface area contributed by atoms with E-state index in [1.54, 1.807) is 13.0 Å². The van der Waals surface area contributed by atoms with E-state index in [9.17, 15) is 4.79 Å². The van der Waals surface area contributed by atoms with Crippen LogP contribution in [0.25, 0.3) is 0 Å². The predicted octanol–water partition coefficient (Wildman–Crippen LogP) is 1.98. The quantitative estimate of drug-likeness (QED) is 0.470. The number of hydrogen-bond acceptors (Lipinski definition) is 1. The summed E-state index contributed by atoms with van der Waals surface area (Å²) >= 11 is 0. The second-order valence-corrected chi connectivity index (χ2v) is 2.17. The lowest BCUT2D eigenvalue weighted by molar-refractivity contribution is -0.132. The van der Waals surface area contributed by atoms with E-state index in [1.165, 1.54) is 0 Å². The van der Waals surface area contributed by atoms with Gasteiger partial charge in [0.25, 0.3) is 0 Å². The maximum Gasteiger partial charge on any atom is 0.331 e. The summed E-state index contributed by atoms with van der Waals surface area (Å²) in [6.45, 7) is 5.32. The van der Waals surface area contributed by atoms with E-state index in [0.29, 0.717) is 5.57 Å². The molecule has 0 saturated heterocycles. The van der Waals surface area contributed by atoms with Crippen LogP contribution in [0.4, 0.5) is 0 Å². The normalized spacial score (nSPS) is 13.5. The highest BCUT2D eigenvalue weighted by atomic mass is 16.4. The molecule has 0 radical (unpaired) electrons. The summed E-state index contributed by atoms with van der Waals surface area (Å²) in [4.78, 5) is 10.3. The largest absolute Gasteiger partial charge is 0.478 e. The van der Waals surface area contributed by atoms with Crippen LogP contribution in [-0.4, -0.2) is 11.1 Å². The van der Waals surface area contributed by atoms with Crippen molar-refractivity contribution in [1.29, 1.82) is 0 Å². The van der Waals surface area contributed by atoms with Gasteiger partial charge in [-0.15, -0.1) is 0 Å². The van der Waals surface area contributed by atoms with Gasteiger partial charge in [-0.1, -0.05) is 11.6 Å². The average molecular weight is 140 g/mol. The maximum absolute atomic E-state index is 10.3. The predicted molar refractivity (Wildman–Crippen MR) is 40.8 cm³/mol. The molecule has 0 aromatic heterocycles. The van der Waals surface area contributed by atoms with Gasteiger partial charge in [-0.3, -0.25) is 0 Å². The minimum absolute atomic E-state index is 0.371. The van der Waals surface area contributed by atoms with Crippen LogP contribution >= 0.6 is 0 Å². The molecule has 2 nitrogen and oxygen atoms in total. The van der Waals surface area contributed by atoms with Gasteiger partial charge in [0.15, 0.2) is 0 Å². The Kier molecular flexibility index (Phi) is 3.47. The molecule has 0 fully saturated rings. The van der Waals surface area contributed by atoms with Crippen molar-refractivity contribution >= 4 is 5.97 Å². The summed E-state index contributed by atoms with van der Waals surface area (Å²) < 4.78 is 0. The zero-order valence-electron chi connectivity index (χ0n) is 6.51.